The fraction of sp³-hybridized carbons (Fsp3) is 0.294. The third kappa shape index (κ3) is 2.76. The fourth-order valence-corrected chi connectivity index (χ4v) is 2.96. The highest BCUT2D eigenvalue weighted by atomic mass is 35.5. The standard InChI is InChI=1S/C17H18ClN/c18-17-10-3-2-9-16(17)14-7-6-8-15(13-14)19-11-4-1-5-12-19/h2-3,6-10,13H,1,4-5,11-12H2. The van der Waals surface area contributed by atoms with Crippen molar-refractivity contribution in [1.82, 2.24) is 0 Å². The van der Waals surface area contributed by atoms with Gasteiger partial charge in [0.25, 0.3) is 0 Å². The van der Waals surface area contributed by atoms with Crippen molar-refractivity contribution in [1.29, 1.82) is 0 Å². The summed E-state index contributed by atoms with van der Waals surface area (Å²) in [6, 6.07) is 16.8. The summed E-state index contributed by atoms with van der Waals surface area (Å²) < 4.78 is 0. The van der Waals surface area contributed by atoms with Gasteiger partial charge in [-0.1, -0.05) is 41.9 Å². The SMILES string of the molecule is Clc1ccccc1-c1cccc(N2CCCCC2)c1. The third-order valence-electron chi connectivity index (χ3n) is 3.75. The Bertz CT molecular complexity index is 559. The summed E-state index contributed by atoms with van der Waals surface area (Å²) in [6.45, 7) is 2.35. The number of benzene rings is 2. The van der Waals surface area contributed by atoms with Gasteiger partial charge in [0, 0.05) is 29.4 Å². The Morgan fingerprint density at radius 3 is 2.42 bits per heavy atom. The van der Waals surface area contributed by atoms with Crippen LogP contribution in [0.5, 0.6) is 0 Å². The van der Waals surface area contributed by atoms with Gasteiger partial charge in [0.1, 0.15) is 0 Å². The van der Waals surface area contributed by atoms with Crippen LogP contribution in [-0.2, 0) is 0 Å². The molecule has 1 aliphatic heterocycles. The average molecular weight is 272 g/mol. The maximum Gasteiger partial charge on any atom is 0.0484 e. The first-order valence-electron chi connectivity index (χ1n) is 6.94. The van der Waals surface area contributed by atoms with E-state index in [0.29, 0.717) is 0 Å². The Kier molecular flexibility index (Phi) is 3.74. The molecule has 19 heavy (non-hydrogen) atoms. The molecule has 0 aromatic heterocycles. The predicted octanol–water partition coefficient (Wildman–Crippen LogP) is 5.00. The Hall–Kier alpha value is -1.47. The lowest BCUT2D eigenvalue weighted by molar-refractivity contribution is 0.578. The van der Waals surface area contributed by atoms with Crippen LogP contribution in [-0.4, -0.2) is 13.1 Å². The van der Waals surface area contributed by atoms with E-state index in [9.17, 15) is 0 Å². The van der Waals surface area contributed by atoms with Crippen LogP contribution >= 0.6 is 11.6 Å². The van der Waals surface area contributed by atoms with E-state index in [2.05, 4.69) is 35.2 Å². The van der Waals surface area contributed by atoms with Crippen molar-refractivity contribution in [2.24, 2.45) is 0 Å². The van der Waals surface area contributed by atoms with Gasteiger partial charge in [0.05, 0.1) is 0 Å². The topological polar surface area (TPSA) is 3.24 Å². The summed E-state index contributed by atoms with van der Waals surface area (Å²) >= 11 is 6.28. The Labute approximate surface area is 119 Å². The Balaban J connectivity index is 1.93. The first kappa shape index (κ1) is 12.6. The van der Waals surface area contributed by atoms with Crippen LogP contribution in [0.1, 0.15) is 19.3 Å². The fourth-order valence-electron chi connectivity index (χ4n) is 2.72. The molecule has 1 fully saturated rings. The summed E-state index contributed by atoms with van der Waals surface area (Å²) in [4.78, 5) is 2.48. The molecule has 2 heteroatoms. The third-order valence-corrected chi connectivity index (χ3v) is 4.08. The molecule has 0 unspecified atom stereocenters. The van der Waals surface area contributed by atoms with Gasteiger partial charge in [-0.05, 0) is 43.0 Å². The number of nitrogens with zero attached hydrogens (tertiary/aromatic N) is 1. The zero-order valence-corrected chi connectivity index (χ0v) is 11.7. The highest BCUT2D eigenvalue weighted by Gasteiger charge is 2.11. The largest absolute Gasteiger partial charge is 0.372 e. The maximum absolute atomic E-state index is 6.28. The zero-order chi connectivity index (χ0) is 13.1. The van der Waals surface area contributed by atoms with E-state index in [0.717, 1.165) is 10.6 Å². The Morgan fingerprint density at radius 2 is 1.63 bits per heavy atom. The lowest BCUT2D eigenvalue weighted by Crippen LogP contribution is -2.29. The number of anilines is 1. The second-order valence-corrected chi connectivity index (χ2v) is 5.49. The molecule has 0 atom stereocenters. The second kappa shape index (κ2) is 5.66. The van der Waals surface area contributed by atoms with Crippen molar-refractivity contribution in [3.63, 3.8) is 0 Å². The highest BCUT2D eigenvalue weighted by Crippen LogP contribution is 2.30. The highest BCUT2D eigenvalue weighted by molar-refractivity contribution is 6.33. The van der Waals surface area contributed by atoms with Crippen molar-refractivity contribution in [3.8, 4) is 11.1 Å². The van der Waals surface area contributed by atoms with Gasteiger partial charge in [0.2, 0.25) is 0 Å². The molecule has 0 spiro atoms. The normalized spacial score (nSPS) is 15.5. The maximum atomic E-state index is 6.28. The minimum Gasteiger partial charge on any atom is -0.372 e. The number of halogens is 1. The van der Waals surface area contributed by atoms with E-state index in [4.69, 9.17) is 11.6 Å². The first-order chi connectivity index (χ1) is 9.34. The predicted molar refractivity (Wildman–Crippen MR) is 83.0 cm³/mol. The molecule has 1 aliphatic rings. The van der Waals surface area contributed by atoms with E-state index < -0.39 is 0 Å². The van der Waals surface area contributed by atoms with Crippen LogP contribution in [0.25, 0.3) is 11.1 Å². The minimum atomic E-state index is 0.818. The minimum absolute atomic E-state index is 0.818. The quantitative estimate of drug-likeness (QED) is 0.743. The molecule has 0 amide bonds. The molecule has 98 valence electrons. The molecule has 0 N–H and O–H groups in total. The van der Waals surface area contributed by atoms with Gasteiger partial charge < -0.3 is 4.90 Å². The summed E-state index contributed by atoms with van der Waals surface area (Å²) in [7, 11) is 0. The second-order valence-electron chi connectivity index (χ2n) is 5.08. The summed E-state index contributed by atoms with van der Waals surface area (Å²) in [5.41, 5.74) is 3.63. The van der Waals surface area contributed by atoms with Crippen LogP contribution in [0.3, 0.4) is 0 Å². The molecule has 2 aromatic rings. The van der Waals surface area contributed by atoms with E-state index >= 15 is 0 Å². The summed E-state index contributed by atoms with van der Waals surface area (Å²) in [5.74, 6) is 0. The van der Waals surface area contributed by atoms with E-state index in [1.165, 1.54) is 43.6 Å². The van der Waals surface area contributed by atoms with Crippen LogP contribution in [0.2, 0.25) is 5.02 Å². The smallest absolute Gasteiger partial charge is 0.0484 e. The lowest BCUT2D eigenvalue weighted by Gasteiger charge is -2.29. The molecule has 3 rings (SSSR count). The van der Waals surface area contributed by atoms with Gasteiger partial charge in [-0.3, -0.25) is 0 Å². The molecule has 0 radical (unpaired) electrons. The van der Waals surface area contributed by atoms with Crippen molar-refractivity contribution in [2.75, 3.05) is 18.0 Å². The number of rotatable bonds is 2. The van der Waals surface area contributed by atoms with Crippen LogP contribution in [0, 0.1) is 0 Å². The van der Waals surface area contributed by atoms with Crippen LogP contribution in [0.4, 0.5) is 5.69 Å². The number of hydrogen-bond donors (Lipinski definition) is 0. The molecule has 0 saturated carbocycles. The van der Waals surface area contributed by atoms with Gasteiger partial charge in [-0.25, -0.2) is 0 Å². The van der Waals surface area contributed by atoms with E-state index in [-0.39, 0.29) is 0 Å². The molecule has 2 aromatic carbocycles. The molecule has 1 heterocycles. The van der Waals surface area contributed by atoms with Crippen molar-refractivity contribution in [3.05, 3.63) is 53.6 Å². The van der Waals surface area contributed by atoms with Gasteiger partial charge in [-0.15, -0.1) is 0 Å². The molecular weight excluding hydrogens is 254 g/mol. The molecular formula is C17H18ClN. The van der Waals surface area contributed by atoms with E-state index in [1.807, 2.05) is 18.2 Å². The van der Waals surface area contributed by atoms with Crippen LogP contribution in [0.15, 0.2) is 48.5 Å². The van der Waals surface area contributed by atoms with Crippen molar-refractivity contribution >= 4 is 17.3 Å². The molecule has 1 saturated heterocycles. The number of hydrogen-bond acceptors (Lipinski definition) is 1. The Morgan fingerprint density at radius 1 is 0.842 bits per heavy atom. The summed E-state index contributed by atoms with van der Waals surface area (Å²) in [6.07, 6.45) is 3.97. The van der Waals surface area contributed by atoms with Crippen LogP contribution < -0.4 is 4.90 Å². The molecule has 0 aliphatic carbocycles. The van der Waals surface area contributed by atoms with Crippen molar-refractivity contribution < 1.29 is 0 Å². The lowest BCUT2D eigenvalue weighted by atomic mass is 10.0. The zero-order valence-electron chi connectivity index (χ0n) is 11.0. The first-order valence-corrected chi connectivity index (χ1v) is 7.32. The molecule has 0 bridgehead atoms. The molecule has 1 nitrogen and oxygen atoms in total. The average Bonchev–Trinajstić information content (AvgIpc) is 2.49. The van der Waals surface area contributed by atoms with Gasteiger partial charge >= 0.3 is 0 Å². The number of piperidine rings is 1. The van der Waals surface area contributed by atoms with Gasteiger partial charge in [-0.2, -0.15) is 0 Å². The van der Waals surface area contributed by atoms with E-state index in [1.54, 1.807) is 0 Å². The van der Waals surface area contributed by atoms with Crippen molar-refractivity contribution in [2.45, 2.75) is 19.3 Å². The monoisotopic (exact) mass is 271 g/mol. The summed E-state index contributed by atoms with van der Waals surface area (Å²) in [5, 5.41) is 0.818. The van der Waals surface area contributed by atoms with Gasteiger partial charge in [0.15, 0.2) is 0 Å².